The molecule has 0 aliphatic carbocycles. The van der Waals surface area contributed by atoms with E-state index in [-0.39, 0.29) is 5.75 Å². The highest BCUT2D eigenvalue weighted by molar-refractivity contribution is 5.41. The van der Waals surface area contributed by atoms with Crippen LogP contribution in [0.3, 0.4) is 0 Å². The zero-order valence-electron chi connectivity index (χ0n) is 14.1. The van der Waals surface area contributed by atoms with Gasteiger partial charge in [-0.2, -0.15) is 0 Å². The molecule has 1 saturated heterocycles. The average Bonchev–Trinajstić information content (AvgIpc) is 3.02. The minimum absolute atomic E-state index is 0.176. The molecule has 4 heteroatoms. The number of aliphatic hydroxyl groups excluding tert-OH is 1. The second-order valence-electron chi connectivity index (χ2n) is 6.43. The first-order valence-corrected chi connectivity index (χ1v) is 8.50. The van der Waals surface area contributed by atoms with E-state index in [9.17, 15) is 10.2 Å². The van der Waals surface area contributed by atoms with Gasteiger partial charge in [-0.15, -0.1) is 0 Å². The smallest absolute Gasteiger partial charge is 0.160 e. The summed E-state index contributed by atoms with van der Waals surface area (Å²) < 4.78 is 5.10. The van der Waals surface area contributed by atoms with Crippen LogP contribution in [0, 0.1) is 0 Å². The summed E-state index contributed by atoms with van der Waals surface area (Å²) in [6, 6.07) is 15.8. The number of methoxy groups -OCH3 is 1. The number of phenols is 1. The van der Waals surface area contributed by atoms with E-state index < -0.39 is 6.10 Å². The van der Waals surface area contributed by atoms with Crippen LogP contribution in [-0.2, 0) is 6.54 Å². The molecule has 2 unspecified atom stereocenters. The third kappa shape index (κ3) is 3.89. The normalized spacial score (nSPS) is 19.3. The predicted octanol–water partition coefficient (Wildman–Crippen LogP) is 3.49. The van der Waals surface area contributed by atoms with Gasteiger partial charge in [0.1, 0.15) is 0 Å². The van der Waals surface area contributed by atoms with Crippen molar-refractivity contribution < 1.29 is 14.9 Å². The summed E-state index contributed by atoms with van der Waals surface area (Å²) >= 11 is 0. The highest BCUT2D eigenvalue weighted by Crippen LogP contribution is 2.31. The minimum atomic E-state index is -0.430. The Morgan fingerprint density at radius 2 is 2.00 bits per heavy atom. The fraction of sp³-hybridized carbons (Fsp3) is 0.400. The van der Waals surface area contributed by atoms with Gasteiger partial charge in [-0.1, -0.05) is 36.4 Å². The Balaban J connectivity index is 1.64. The molecule has 128 valence electrons. The maximum atomic E-state index is 10.5. The first-order valence-electron chi connectivity index (χ1n) is 8.50. The maximum Gasteiger partial charge on any atom is 0.160 e. The standard InChI is InChI=1S/C20H25NO3/c1-24-20-10-9-15(12-19(20)23)14-21-11-5-8-17(21)13-18(22)16-6-3-2-4-7-16/h2-4,6-7,9-10,12,17-18,22-23H,5,8,11,13-14H2,1H3. The molecule has 0 aromatic heterocycles. The number of benzene rings is 2. The zero-order valence-corrected chi connectivity index (χ0v) is 14.1. The highest BCUT2D eigenvalue weighted by Gasteiger charge is 2.27. The van der Waals surface area contributed by atoms with Crippen LogP contribution in [-0.4, -0.2) is 34.8 Å². The van der Waals surface area contributed by atoms with E-state index in [4.69, 9.17) is 4.74 Å². The molecule has 1 aliphatic rings. The van der Waals surface area contributed by atoms with Gasteiger partial charge in [0.05, 0.1) is 13.2 Å². The number of nitrogens with zero attached hydrogens (tertiary/aromatic N) is 1. The Morgan fingerprint density at radius 3 is 2.71 bits per heavy atom. The van der Waals surface area contributed by atoms with Crippen molar-refractivity contribution in [1.82, 2.24) is 4.90 Å². The monoisotopic (exact) mass is 327 g/mol. The molecule has 1 aliphatic heterocycles. The van der Waals surface area contributed by atoms with Crippen molar-refractivity contribution in [2.24, 2.45) is 0 Å². The van der Waals surface area contributed by atoms with Gasteiger partial charge in [-0.05, 0) is 49.1 Å². The van der Waals surface area contributed by atoms with Crippen molar-refractivity contribution in [1.29, 1.82) is 0 Å². The quantitative estimate of drug-likeness (QED) is 0.853. The third-order valence-corrected chi connectivity index (χ3v) is 4.81. The van der Waals surface area contributed by atoms with E-state index in [1.165, 1.54) is 0 Å². The fourth-order valence-electron chi connectivity index (χ4n) is 3.51. The van der Waals surface area contributed by atoms with Gasteiger partial charge >= 0.3 is 0 Å². The van der Waals surface area contributed by atoms with E-state index >= 15 is 0 Å². The largest absolute Gasteiger partial charge is 0.504 e. The summed E-state index contributed by atoms with van der Waals surface area (Å²) in [5, 5.41) is 20.4. The van der Waals surface area contributed by atoms with Crippen molar-refractivity contribution in [3.05, 3.63) is 59.7 Å². The predicted molar refractivity (Wildman–Crippen MR) is 94.1 cm³/mol. The van der Waals surface area contributed by atoms with Gasteiger partial charge in [-0.3, -0.25) is 4.90 Å². The van der Waals surface area contributed by atoms with Crippen LogP contribution >= 0.6 is 0 Å². The lowest BCUT2D eigenvalue weighted by Crippen LogP contribution is -2.30. The molecule has 0 saturated carbocycles. The van der Waals surface area contributed by atoms with E-state index in [2.05, 4.69) is 4.90 Å². The first-order chi connectivity index (χ1) is 11.7. The molecular weight excluding hydrogens is 302 g/mol. The van der Waals surface area contributed by atoms with Crippen LogP contribution in [0.4, 0.5) is 0 Å². The number of hydrogen-bond acceptors (Lipinski definition) is 4. The lowest BCUT2D eigenvalue weighted by Gasteiger charge is -2.26. The number of hydrogen-bond donors (Lipinski definition) is 2. The first kappa shape index (κ1) is 16.8. The topological polar surface area (TPSA) is 52.9 Å². The molecule has 4 nitrogen and oxygen atoms in total. The van der Waals surface area contributed by atoms with E-state index in [0.29, 0.717) is 11.8 Å². The molecule has 0 radical (unpaired) electrons. The number of aromatic hydroxyl groups is 1. The van der Waals surface area contributed by atoms with Crippen LogP contribution in [0.15, 0.2) is 48.5 Å². The molecule has 2 atom stereocenters. The number of ether oxygens (including phenoxy) is 1. The summed E-state index contributed by atoms with van der Waals surface area (Å²) in [5.74, 6) is 0.672. The van der Waals surface area contributed by atoms with E-state index in [0.717, 1.165) is 43.5 Å². The van der Waals surface area contributed by atoms with Crippen LogP contribution < -0.4 is 4.74 Å². The van der Waals surface area contributed by atoms with Gasteiger partial charge in [0.25, 0.3) is 0 Å². The maximum absolute atomic E-state index is 10.5. The molecule has 1 heterocycles. The summed E-state index contributed by atoms with van der Waals surface area (Å²) in [6.07, 6.45) is 2.56. The summed E-state index contributed by atoms with van der Waals surface area (Å²) in [7, 11) is 1.55. The number of rotatable bonds is 6. The summed E-state index contributed by atoms with van der Waals surface area (Å²) in [4.78, 5) is 2.40. The van der Waals surface area contributed by atoms with Crippen molar-refractivity contribution in [3.63, 3.8) is 0 Å². The Labute approximate surface area is 143 Å². The van der Waals surface area contributed by atoms with Gasteiger partial charge < -0.3 is 14.9 Å². The zero-order chi connectivity index (χ0) is 16.9. The summed E-state index contributed by atoms with van der Waals surface area (Å²) in [5.41, 5.74) is 2.04. The van der Waals surface area contributed by atoms with Crippen molar-refractivity contribution >= 4 is 0 Å². The number of aliphatic hydroxyl groups is 1. The fourth-order valence-corrected chi connectivity index (χ4v) is 3.51. The molecule has 0 spiro atoms. The molecule has 3 rings (SSSR count). The Morgan fingerprint density at radius 1 is 1.21 bits per heavy atom. The highest BCUT2D eigenvalue weighted by atomic mass is 16.5. The Bertz CT molecular complexity index is 659. The van der Waals surface area contributed by atoms with Crippen LogP contribution in [0.1, 0.15) is 36.5 Å². The summed E-state index contributed by atoms with van der Waals surface area (Å²) in [6.45, 7) is 1.81. The Hall–Kier alpha value is -2.04. The van der Waals surface area contributed by atoms with Crippen molar-refractivity contribution in [2.75, 3.05) is 13.7 Å². The lowest BCUT2D eigenvalue weighted by atomic mass is 10.0. The molecule has 0 bridgehead atoms. The van der Waals surface area contributed by atoms with Crippen molar-refractivity contribution in [3.8, 4) is 11.5 Å². The van der Waals surface area contributed by atoms with Gasteiger partial charge in [0, 0.05) is 12.6 Å². The molecule has 2 aromatic carbocycles. The second-order valence-corrected chi connectivity index (χ2v) is 6.43. The molecule has 2 N–H and O–H groups in total. The molecule has 0 amide bonds. The molecule has 1 fully saturated rings. The average molecular weight is 327 g/mol. The molecular formula is C20H25NO3. The van der Waals surface area contributed by atoms with Gasteiger partial charge in [0.2, 0.25) is 0 Å². The van der Waals surface area contributed by atoms with Crippen LogP contribution in [0.25, 0.3) is 0 Å². The lowest BCUT2D eigenvalue weighted by molar-refractivity contribution is 0.118. The van der Waals surface area contributed by atoms with Crippen molar-refractivity contribution in [2.45, 2.75) is 38.0 Å². The molecule has 2 aromatic rings. The van der Waals surface area contributed by atoms with Crippen LogP contribution in [0.5, 0.6) is 11.5 Å². The second kappa shape index (κ2) is 7.69. The SMILES string of the molecule is COc1ccc(CN2CCCC2CC(O)c2ccccc2)cc1O. The van der Waals surface area contributed by atoms with E-state index in [1.807, 2.05) is 36.4 Å². The minimum Gasteiger partial charge on any atom is -0.504 e. The Kier molecular flexibility index (Phi) is 5.38. The van der Waals surface area contributed by atoms with Crippen LogP contribution in [0.2, 0.25) is 0 Å². The van der Waals surface area contributed by atoms with Gasteiger partial charge in [-0.25, -0.2) is 0 Å². The number of phenolic OH excluding ortho intramolecular Hbond substituents is 1. The molecule has 24 heavy (non-hydrogen) atoms. The van der Waals surface area contributed by atoms with Gasteiger partial charge in [0.15, 0.2) is 11.5 Å². The number of likely N-dealkylation sites (tertiary alicyclic amines) is 1. The van der Waals surface area contributed by atoms with E-state index in [1.54, 1.807) is 19.2 Å². The third-order valence-electron chi connectivity index (χ3n) is 4.81.